The van der Waals surface area contributed by atoms with Crippen molar-refractivity contribution in [3.63, 3.8) is 0 Å². The number of H-pyrrole nitrogens is 2. The van der Waals surface area contributed by atoms with Crippen LogP contribution in [0.4, 0.5) is 0 Å². The molecule has 2 aliphatic rings. The molecule has 80 heavy (non-hydrogen) atoms. The Morgan fingerprint density at radius 1 is 0.312 bits per heavy atom. The number of rotatable bonds is 20. The summed E-state index contributed by atoms with van der Waals surface area (Å²) in [5.74, 6) is -4.94. The maximum absolute atomic E-state index is 12.7. The van der Waals surface area contributed by atoms with Crippen LogP contribution in [0.15, 0.2) is 121 Å². The summed E-state index contributed by atoms with van der Waals surface area (Å²) in [5, 5.41) is 0. The van der Waals surface area contributed by atoms with Crippen LogP contribution >= 0.6 is 0 Å². The van der Waals surface area contributed by atoms with Gasteiger partial charge in [-0.25, -0.2) is 9.97 Å². The molecule has 402 valence electrons. The van der Waals surface area contributed by atoms with E-state index in [0.29, 0.717) is 44.8 Å². The highest BCUT2D eigenvalue weighted by molar-refractivity contribution is 6.04. The van der Waals surface area contributed by atoms with E-state index in [2.05, 4.69) is 9.97 Å². The van der Waals surface area contributed by atoms with Gasteiger partial charge in [0, 0.05) is 44.3 Å². The van der Waals surface area contributed by atoms with Gasteiger partial charge in [-0.15, -0.1) is 0 Å². The van der Waals surface area contributed by atoms with Crippen molar-refractivity contribution in [3.05, 3.63) is 166 Å². The first kappa shape index (κ1) is 55.6. The van der Waals surface area contributed by atoms with Gasteiger partial charge in [-0.1, -0.05) is 97.1 Å². The molecule has 4 aromatic carbocycles. The summed E-state index contributed by atoms with van der Waals surface area (Å²) in [6, 6.07) is 39.0. The highest BCUT2D eigenvalue weighted by Gasteiger charge is 2.26. The minimum Gasteiger partial charge on any atom is -0.354 e. The summed E-state index contributed by atoms with van der Waals surface area (Å²) in [5.41, 5.74) is 14.4. The molecular weight excluding hydrogens is 1000 g/mol. The van der Waals surface area contributed by atoms with Crippen molar-refractivity contribution in [1.82, 2.24) is 19.9 Å². The Labute approximate surface area is 464 Å². The van der Waals surface area contributed by atoms with Crippen LogP contribution in [0.3, 0.4) is 0 Å². The topological polar surface area (TPSA) is 194 Å². The molecule has 0 unspecified atom stereocenters. The number of benzene rings is 4. The van der Waals surface area contributed by atoms with E-state index in [1.165, 1.54) is 55.4 Å². The van der Waals surface area contributed by atoms with Crippen molar-refractivity contribution in [2.45, 2.75) is 81.1 Å². The predicted molar refractivity (Wildman–Crippen MR) is 315 cm³/mol. The van der Waals surface area contributed by atoms with Gasteiger partial charge in [-0.05, 0) is 174 Å². The number of Topliss-reactive ketones (excluding diaryl/α,β-unsaturated/α-hetero) is 8. The SMILES string of the molecule is CC(=O)C(Cc1cccc(-c2c3nc(c(-c4cccc(CC(C(C)=O)C(C)=O)c4)c4ccc([nH]4)c(-c4cccc(CC(C(C)=O)C(C)=O)c4)c4nc(c(-c5cccc(CC(C(C)=O)C(C)=O)c5)c5ccc2[nH]5)C=C4)C=C3)c1)C(C)=O. The van der Waals surface area contributed by atoms with Gasteiger partial charge in [0.05, 0.1) is 46.4 Å². The molecule has 7 aromatic rings. The molecule has 0 amide bonds. The first-order valence-electron chi connectivity index (χ1n) is 26.8. The second-order valence-corrected chi connectivity index (χ2v) is 21.2. The molecule has 3 aromatic heterocycles. The fourth-order valence-corrected chi connectivity index (χ4v) is 11.1. The molecule has 8 bridgehead atoms. The Kier molecular flexibility index (Phi) is 16.3. The number of aromatic amines is 2. The Balaban J connectivity index is 1.40. The molecule has 12 nitrogen and oxygen atoms in total. The first-order chi connectivity index (χ1) is 38.2. The van der Waals surface area contributed by atoms with Crippen molar-refractivity contribution in [2.75, 3.05) is 0 Å². The van der Waals surface area contributed by atoms with E-state index < -0.39 is 23.7 Å². The molecule has 2 aliphatic heterocycles. The Morgan fingerprint density at radius 3 is 0.700 bits per heavy atom. The third kappa shape index (κ3) is 11.9. The maximum atomic E-state index is 12.7. The third-order valence-electron chi connectivity index (χ3n) is 15.3. The molecule has 0 spiro atoms. The van der Waals surface area contributed by atoms with E-state index in [1.54, 1.807) is 0 Å². The number of hydrogen-bond acceptors (Lipinski definition) is 10. The number of carbonyl (C=O) groups excluding carboxylic acids is 8. The molecular formula is C68H62N4O8. The van der Waals surface area contributed by atoms with Crippen molar-refractivity contribution in [3.8, 4) is 44.5 Å². The molecule has 0 saturated carbocycles. The predicted octanol–water partition coefficient (Wildman–Crippen LogP) is 12.7. The van der Waals surface area contributed by atoms with Crippen LogP contribution in [0.5, 0.6) is 0 Å². The van der Waals surface area contributed by atoms with E-state index in [1.807, 2.05) is 146 Å². The number of aromatic nitrogens is 4. The number of hydrogen-bond donors (Lipinski definition) is 2. The number of ketones is 8. The van der Waals surface area contributed by atoms with Crippen LogP contribution < -0.4 is 0 Å². The van der Waals surface area contributed by atoms with Crippen molar-refractivity contribution in [2.24, 2.45) is 23.7 Å². The summed E-state index contributed by atoms with van der Waals surface area (Å²) in [6.45, 7) is 11.5. The summed E-state index contributed by atoms with van der Waals surface area (Å²) >= 11 is 0. The van der Waals surface area contributed by atoms with Gasteiger partial charge in [0.1, 0.15) is 46.3 Å². The highest BCUT2D eigenvalue weighted by atomic mass is 16.2. The van der Waals surface area contributed by atoms with E-state index in [9.17, 15) is 38.4 Å². The van der Waals surface area contributed by atoms with Gasteiger partial charge < -0.3 is 9.97 Å². The van der Waals surface area contributed by atoms with Crippen LogP contribution in [0.1, 0.15) is 100 Å². The zero-order chi connectivity index (χ0) is 57.1. The first-order valence-corrected chi connectivity index (χ1v) is 26.8. The molecule has 0 fully saturated rings. The average molecular weight is 1060 g/mol. The lowest BCUT2D eigenvalue weighted by Crippen LogP contribution is -2.21. The van der Waals surface area contributed by atoms with Gasteiger partial charge in [0.2, 0.25) is 0 Å². The molecule has 9 rings (SSSR count). The summed E-state index contributed by atoms with van der Waals surface area (Å²) in [7, 11) is 0. The van der Waals surface area contributed by atoms with Crippen LogP contribution in [0, 0.1) is 23.7 Å². The zero-order valence-electron chi connectivity index (χ0n) is 46.2. The van der Waals surface area contributed by atoms with Crippen molar-refractivity contribution < 1.29 is 38.4 Å². The van der Waals surface area contributed by atoms with Crippen LogP contribution in [0.25, 0.3) is 90.9 Å². The third-order valence-corrected chi connectivity index (χ3v) is 15.3. The molecule has 0 saturated heterocycles. The summed E-state index contributed by atoms with van der Waals surface area (Å²) < 4.78 is 0. The van der Waals surface area contributed by atoms with E-state index in [-0.39, 0.29) is 71.9 Å². The maximum Gasteiger partial charge on any atom is 0.140 e. The quantitative estimate of drug-likeness (QED) is 0.0694. The van der Waals surface area contributed by atoms with Crippen LogP contribution in [-0.2, 0) is 64.0 Å². The molecule has 0 aliphatic carbocycles. The van der Waals surface area contributed by atoms with Gasteiger partial charge in [-0.3, -0.25) is 38.4 Å². The van der Waals surface area contributed by atoms with E-state index in [0.717, 1.165) is 66.8 Å². The number of carbonyl (C=O) groups is 8. The van der Waals surface area contributed by atoms with Gasteiger partial charge in [0.25, 0.3) is 0 Å². The molecule has 2 N–H and O–H groups in total. The highest BCUT2D eigenvalue weighted by Crippen LogP contribution is 2.40. The molecule has 0 radical (unpaired) electrons. The van der Waals surface area contributed by atoms with E-state index >= 15 is 0 Å². The minimum absolute atomic E-state index is 0.213. The number of fused-ring (bicyclic) bond motifs is 8. The van der Waals surface area contributed by atoms with Gasteiger partial charge >= 0.3 is 0 Å². The fourth-order valence-electron chi connectivity index (χ4n) is 11.1. The lowest BCUT2D eigenvalue weighted by Gasteiger charge is -2.13. The van der Waals surface area contributed by atoms with E-state index in [4.69, 9.17) is 9.97 Å². The molecule has 0 atom stereocenters. The van der Waals surface area contributed by atoms with Crippen LogP contribution in [0.2, 0.25) is 0 Å². The Bertz CT molecular complexity index is 3420. The minimum atomic E-state index is -0.809. The van der Waals surface area contributed by atoms with Crippen LogP contribution in [-0.4, -0.2) is 66.2 Å². The number of nitrogens with one attached hydrogen (secondary N) is 2. The zero-order valence-corrected chi connectivity index (χ0v) is 46.2. The van der Waals surface area contributed by atoms with Gasteiger partial charge in [0.15, 0.2) is 0 Å². The fraction of sp³-hybridized carbons (Fsp3) is 0.235. The molecule has 12 heteroatoms. The lowest BCUT2D eigenvalue weighted by molar-refractivity contribution is -0.131. The summed E-state index contributed by atoms with van der Waals surface area (Å²) in [4.78, 5) is 120. The summed E-state index contributed by atoms with van der Waals surface area (Å²) in [6.07, 6.45) is 8.68. The number of nitrogens with zero attached hydrogens (tertiary/aromatic N) is 2. The smallest absolute Gasteiger partial charge is 0.140 e. The monoisotopic (exact) mass is 1060 g/mol. The second-order valence-electron chi connectivity index (χ2n) is 21.2. The Hall–Kier alpha value is -9.16. The standard InChI is InChI=1S/C68H62N4O8/c1-37(73)53(38(2)74)33-45-13-9-17-49(29-45)65-57-21-23-59(69-57)66(50-18-10-14-46(30-50)34-54(39(3)75)40(4)76)61-25-27-63(71-61)68(52-20-12-16-48(32-52)36-56(43(7)79)44(8)80)64-28-26-62(72-64)67(60-24-22-58(65)70-60)51-19-11-15-47(31-51)35-55(41(5)77)42(6)78/h9-32,53-56,69,72H,33-36H2,1-8H3. The van der Waals surface area contributed by atoms with Gasteiger partial charge in [-0.2, -0.15) is 0 Å². The second kappa shape index (κ2) is 23.4. The van der Waals surface area contributed by atoms with Crippen molar-refractivity contribution >= 4 is 92.6 Å². The van der Waals surface area contributed by atoms with Crippen molar-refractivity contribution in [1.29, 1.82) is 0 Å². The Morgan fingerprint density at radius 2 is 0.512 bits per heavy atom. The normalized spacial score (nSPS) is 11.9. The lowest BCUT2D eigenvalue weighted by atomic mass is 9.91. The average Bonchev–Trinajstić information content (AvgIpc) is 4.30. The largest absolute Gasteiger partial charge is 0.354 e. The molecule has 5 heterocycles.